The summed E-state index contributed by atoms with van der Waals surface area (Å²) in [5.74, 6) is -1.49. The molecule has 8 heteroatoms. The number of halogens is 1. The van der Waals surface area contributed by atoms with Crippen molar-refractivity contribution in [3.8, 4) is 5.75 Å². The number of nitrogens with one attached hydrogen (secondary N) is 1. The second-order valence-corrected chi connectivity index (χ2v) is 7.44. The number of nitrogens with zero attached hydrogens (tertiary/aromatic N) is 1. The van der Waals surface area contributed by atoms with Gasteiger partial charge in [0.15, 0.2) is 6.61 Å². The van der Waals surface area contributed by atoms with Gasteiger partial charge in [-0.05, 0) is 43.2 Å². The van der Waals surface area contributed by atoms with E-state index in [-0.39, 0.29) is 40.1 Å². The molecule has 2 amide bonds. The number of anilines is 1. The summed E-state index contributed by atoms with van der Waals surface area (Å²) in [6, 6.07) is 10.8. The third-order valence-electron chi connectivity index (χ3n) is 4.90. The molecule has 1 saturated heterocycles. The molecular formula is C22H23ClN2O5. The van der Waals surface area contributed by atoms with E-state index >= 15 is 0 Å². The zero-order valence-corrected chi connectivity index (χ0v) is 17.2. The summed E-state index contributed by atoms with van der Waals surface area (Å²) in [7, 11) is 0. The smallest absolute Gasteiger partial charge is 0.337 e. The molecule has 0 aromatic heterocycles. The van der Waals surface area contributed by atoms with E-state index in [1.165, 1.54) is 18.2 Å². The fourth-order valence-electron chi connectivity index (χ4n) is 3.30. The molecule has 2 N–H and O–H groups in total. The highest BCUT2D eigenvalue weighted by atomic mass is 35.5. The first kappa shape index (κ1) is 21.6. The lowest BCUT2D eigenvalue weighted by Crippen LogP contribution is -2.35. The quantitative estimate of drug-likeness (QED) is 0.720. The monoisotopic (exact) mass is 430 g/mol. The van der Waals surface area contributed by atoms with Gasteiger partial charge in [-0.3, -0.25) is 9.59 Å². The molecule has 2 aromatic carbocycles. The molecule has 7 nitrogen and oxygen atoms in total. The van der Waals surface area contributed by atoms with Gasteiger partial charge in [0.05, 0.1) is 16.1 Å². The Morgan fingerprint density at radius 1 is 1.00 bits per heavy atom. The van der Waals surface area contributed by atoms with Gasteiger partial charge >= 0.3 is 5.97 Å². The predicted octanol–water partition coefficient (Wildman–Crippen LogP) is 4.07. The summed E-state index contributed by atoms with van der Waals surface area (Å²) in [4.78, 5) is 38.2. The molecule has 0 bridgehead atoms. The molecule has 0 atom stereocenters. The standard InChI is InChI=1S/C22H23ClN2O5/c23-18-10-9-15(13-17(18)22(28)29)24-21(27)16-7-3-4-8-19(16)30-14-20(26)25-11-5-1-2-6-12-25/h3-4,7-10,13H,1-2,5-6,11-12,14H2,(H,24,27)(H,28,29). The number of carbonyl (C=O) groups excluding carboxylic acids is 2. The molecule has 3 rings (SSSR count). The fraction of sp³-hybridized carbons (Fsp3) is 0.318. The van der Waals surface area contributed by atoms with Gasteiger partial charge in [-0.25, -0.2) is 4.79 Å². The number of rotatable bonds is 6. The molecule has 0 aliphatic carbocycles. The van der Waals surface area contributed by atoms with Gasteiger partial charge in [0, 0.05) is 18.8 Å². The average Bonchev–Trinajstić information content (AvgIpc) is 3.03. The average molecular weight is 431 g/mol. The molecule has 0 spiro atoms. The third kappa shape index (κ3) is 5.51. The van der Waals surface area contributed by atoms with Crippen LogP contribution in [0.1, 0.15) is 46.4 Å². The van der Waals surface area contributed by atoms with Crippen molar-refractivity contribution in [3.05, 3.63) is 58.6 Å². The Bertz CT molecular complexity index is 939. The first-order chi connectivity index (χ1) is 14.5. The SMILES string of the molecule is O=C(O)c1cc(NC(=O)c2ccccc2OCC(=O)N2CCCCCC2)ccc1Cl. The number of carboxylic acid groups (broad SMARTS) is 1. The maximum atomic E-state index is 12.7. The molecule has 1 aliphatic rings. The van der Waals surface area contributed by atoms with Crippen molar-refractivity contribution < 1.29 is 24.2 Å². The van der Waals surface area contributed by atoms with E-state index in [0.717, 1.165) is 38.8 Å². The summed E-state index contributed by atoms with van der Waals surface area (Å²) >= 11 is 5.87. The molecule has 2 aromatic rings. The highest BCUT2D eigenvalue weighted by molar-refractivity contribution is 6.33. The fourth-order valence-corrected chi connectivity index (χ4v) is 3.49. The van der Waals surface area contributed by atoms with Gasteiger partial charge in [0.2, 0.25) is 0 Å². The number of amides is 2. The first-order valence-corrected chi connectivity index (χ1v) is 10.2. The molecule has 1 aliphatic heterocycles. The van der Waals surface area contributed by atoms with Crippen molar-refractivity contribution in [2.45, 2.75) is 25.7 Å². The van der Waals surface area contributed by atoms with Crippen molar-refractivity contribution in [1.82, 2.24) is 4.90 Å². The van der Waals surface area contributed by atoms with Gasteiger partial charge in [-0.15, -0.1) is 0 Å². The number of para-hydroxylation sites is 1. The second-order valence-electron chi connectivity index (χ2n) is 7.03. The van der Waals surface area contributed by atoms with Gasteiger partial charge in [-0.2, -0.15) is 0 Å². The number of benzene rings is 2. The number of likely N-dealkylation sites (tertiary alicyclic amines) is 1. The highest BCUT2D eigenvalue weighted by Gasteiger charge is 2.19. The number of carbonyl (C=O) groups is 3. The molecular weight excluding hydrogens is 408 g/mol. The highest BCUT2D eigenvalue weighted by Crippen LogP contribution is 2.23. The van der Waals surface area contributed by atoms with Crippen LogP contribution >= 0.6 is 11.6 Å². The third-order valence-corrected chi connectivity index (χ3v) is 5.23. The van der Waals surface area contributed by atoms with Crippen LogP contribution in [0.2, 0.25) is 5.02 Å². The minimum atomic E-state index is -1.19. The zero-order valence-electron chi connectivity index (χ0n) is 16.4. The lowest BCUT2D eigenvalue weighted by atomic mass is 10.1. The summed E-state index contributed by atoms with van der Waals surface area (Å²) in [6.07, 6.45) is 4.23. The summed E-state index contributed by atoms with van der Waals surface area (Å²) in [6.45, 7) is 1.31. The Balaban J connectivity index is 1.68. The van der Waals surface area contributed by atoms with Crippen LogP contribution in [-0.4, -0.2) is 47.5 Å². The number of hydrogen-bond donors (Lipinski definition) is 2. The maximum Gasteiger partial charge on any atom is 0.337 e. The van der Waals surface area contributed by atoms with Crippen LogP contribution < -0.4 is 10.1 Å². The lowest BCUT2D eigenvalue weighted by Gasteiger charge is -2.20. The maximum absolute atomic E-state index is 12.7. The Morgan fingerprint density at radius 3 is 2.40 bits per heavy atom. The Labute approximate surface area is 179 Å². The van der Waals surface area contributed by atoms with E-state index in [1.807, 2.05) is 0 Å². The van der Waals surface area contributed by atoms with Gasteiger partial charge in [0.1, 0.15) is 5.75 Å². The van der Waals surface area contributed by atoms with Crippen LogP contribution in [0.15, 0.2) is 42.5 Å². The number of ether oxygens (including phenoxy) is 1. The van der Waals surface area contributed by atoms with E-state index < -0.39 is 11.9 Å². The zero-order chi connectivity index (χ0) is 21.5. The lowest BCUT2D eigenvalue weighted by molar-refractivity contribution is -0.133. The van der Waals surface area contributed by atoms with E-state index in [9.17, 15) is 19.5 Å². The second kappa shape index (κ2) is 10.1. The molecule has 1 heterocycles. The van der Waals surface area contributed by atoms with Crippen molar-refractivity contribution in [2.75, 3.05) is 25.0 Å². The largest absolute Gasteiger partial charge is 0.483 e. The van der Waals surface area contributed by atoms with Crippen LogP contribution in [0, 0.1) is 0 Å². The molecule has 30 heavy (non-hydrogen) atoms. The normalized spacial score (nSPS) is 14.0. The summed E-state index contributed by atoms with van der Waals surface area (Å²) in [5, 5.41) is 11.9. The molecule has 1 fully saturated rings. The van der Waals surface area contributed by atoms with E-state index in [2.05, 4.69) is 5.32 Å². The minimum absolute atomic E-state index is 0.0799. The van der Waals surface area contributed by atoms with Crippen LogP contribution in [0.4, 0.5) is 5.69 Å². The molecule has 0 radical (unpaired) electrons. The summed E-state index contributed by atoms with van der Waals surface area (Å²) in [5.41, 5.74) is 0.423. The minimum Gasteiger partial charge on any atom is -0.483 e. The van der Waals surface area contributed by atoms with Crippen LogP contribution in [0.25, 0.3) is 0 Å². The molecule has 158 valence electrons. The van der Waals surface area contributed by atoms with Gasteiger partial charge in [-0.1, -0.05) is 36.6 Å². The van der Waals surface area contributed by atoms with E-state index in [0.29, 0.717) is 0 Å². The van der Waals surface area contributed by atoms with Crippen LogP contribution in [0.3, 0.4) is 0 Å². The van der Waals surface area contributed by atoms with E-state index in [1.54, 1.807) is 29.2 Å². The number of carboxylic acids is 1. The summed E-state index contributed by atoms with van der Waals surface area (Å²) < 4.78 is 5.67. The van der Waals surface area contributed by atoms with Gasteiger partial charge < -0.3 is 20.1 Å². The first-order valence-electron chi connectivity index (χ1n) is 9.79. The van der Waals surface area contributed by atoms with E-state index in [4.69, 9.17) is 16.3 Å². The number of hydrogen-bond acceptors (Lipinski definition) is 4. The Morgan fingerprint density at radius 2 is 1.70 bits per heavy atom. The topological polar surface area (TPSA) is 95.9 Å². The predicted molar refractivity (Wildman–Crippen MR) is 113 cm³/mol. The van der Waals surface area contributed by atoms with Crippen molar-refractivity contribution >= 4 is 35.1 Å². The number of aromatic carboxylic acids is 1. The van der Waals surface area contributed by atoms with Crippen molar-refractivity contribution in [2.24, 2.45) is 0 Å². The molecule has 0 unspecified atom stereocenters. The van der Waals surface area contributed by atoms with Crippen LogP contribution in [-0.2, 0) is 4.79 Å². The Kier molecular flexibility index (Phi) is 7.30. The van der Waals surface area contributed by atoms with Gasteiger partial charge in [0.25, 0.3) is 11.8 Å². The Hall–Kier alpha value is -3.06. The van der Waals surface area contributed by atoms with Crippen LogP contribution in [0.5, 0.6) is 5.75 Å². The van der Waals surface area contributed by atoms with Crippen molar-refractivity contribution in [3.63, 3.8) is 0 Å². The molecule has 0 saturated carbocycles. The van der Waals surface area contributed by atoms with Crippen molar-refractivity contribution in [1.29, 1.82) is 0 Å².